The summed E-state index contributed by atoms with van der Waals surface area (Å²) in [6.45, 7) is 0. The van der Waals surface area contributed by atoms with Crippen molar-refractivity contribution in [1.82, 2.24) is 15.6 Å². The molecule has 2 amide bonds. The number of carbonyl (C=O) groups excluding carboxylic acids is 2. The Bertz CT molecular complexity index is 959. The Hall–Kier alpha value is -2.46. The molecule has 2 aliphatic carbocycles. The van der Waals surface area contributed by atoms with Crippen molar-refractivity contribution in [2.45, 2.75) is 55.5 Å². The van der Waals surface area contributed by atoms with Crippen molar-refractivity contribution in [3.63, 3.8) is 0 Å². The maximum absolute atomic E-state index is 12.9. The summed E-state index contributed by atoms with van der Waals surface area (Å²) in [7, 11) is 0. The Morgan fingerprint density at radius 1 is 1.21 bits per heavy atom. The van der Waals surface area contributed by atoms with Crippen LogP contribution in [0.5, 0.6) is 0 Å². The zero-order valence-corrected chi connectivity index (χ0v) is 17.3. The van der Waals surface area contributed by atoms with Gasteiger partial charge in [-0.3, -0.25) is 9.59 Å². The van der Waals surface area contributed by atoms with Gasteiger partial charge in [-0.1, -0.05) is 18.9 Å². The van der Waals surface area contributed by atoms with Crippen LogP contribution in [0.3, 0.4) is 0 Å². The third-order valence-corrected chi connectivity index (χ3v) is 6.75. The van der Waals surface area contributed by atoms with Gasteiger partial charge in [0.15, 0.2) is 0 Å². The fraction of sp³-hybridized carbons (Fsp3) is 0.500. The predicted octanol–water partition coefficient (Wildman–Crippen LogP) is 3.60. The van der Waals surface area contributed by atoms with E-state index in [1.807, 2.05) is 30.5 Å². The second kappa shape index (κ2) is 8.50. The number of carbonyl (C=O) groups is 2. The molecule has 1 aromatic carbocycles. The van der Waals surface area contributed by atoms with Crippen LogP contribution in [0.1, 0.15) is 49.0 Å². The average molecular weight is 411 g/mol. The topological polar surface area (TPSA) is 97.8 Å². The maximum atomic E-state index is 12.9. The van der Waals surface area contributed by atoms with E-state index in [-0.39, 0.29) is 29.7 Å². The van der Waals surface area contributed by atoms with E-state index in [9.17, 15) is 14.9 Å². The molecular weight excluding hydrogens is 384 g/mol. The van der Waals surface area contributed by atoms with Crippen molar-refractivity contribution in [2.24, 2.45) is 11.8 Å². The fourth-order valence-electron chi connectivity index (χ4n) is 4.16. The predicted molar refractivity (Wildman–Crippen MR) is 114 cm³/mol. The van der Waals surface area contributed by atoms with Gasteiger partial charge in [-0.25, -0.2) is 0 Å². The van der Waals surface area contributed by atoms with Gasteiger partial charge in [0.25, 0.3) is 5.91 Å². The Morgan fingerprint density at radius 2 is 2.00 bits per heavy atom. The van der Waals surface area contributed by atoms with Crippen molar-refractivity contribution in [3.8, 4) is 6.07 Å². The summed E-state index contributed by atoms with van der Waals surface area (Å²) < 4.78 is 0. The van der Waals surface area contributed by atoms with Crippen LogP contribution in [0.4, 0.5) is 0 Å². The minimum absolute atomic E-state index is 0.102. The summed E-state index contributed by atoms with van der Waals surface area (Å²) in [5, 5.41) is 16.3. The molecule has 0 radical (unpaired) electrons. The molecule has 0 aliphatic heterocycles. The number of benzene rings is 1. The minimum Gasteiger partial charge on any atom is -0.350 e. The van der Waals surface area contributed by atoms with Crippen LogP contribution in [-0.4, -0.2) is 35.1 Å². The number of nitriles is 1. The first kappa shape index (κ1) is 19.8. The molecule has 1 aromatic heterocycles. The third kappa shape index (κ3) is 4.43. The van der Waals surface area contributed by atoms with Gasteiger partial charge in [0.1, 0.15) is 11.7 Å². The van der Waals surface area contributed by atoms with Gasteiger partial charge in [0.2, 0.25) is 5.91 Å². The molecule has 3 unspecified atom stereocenters. The van der Waals surface area contributed by atoms with Gasteiger partial charge in [-0.2, -0.15) is 5.26 Å². The van der Waals surface area contributed by atoms with Crippen LogP contribution in [0.2, 0.25) is 0 Å². The van der Waals surface area contributed by atoms with Crippen molar-refractivity contribution in [1.29, 1.82) is 5.26 Å². The Kier molecular flexibility index (Phi) is 5.81. The second-order valence-electron chi connectivity index (χ2n) is 8.06. The Balaban J connectivity index is 1.45. The van der Waals surface area contributed by atoms with E-state index in [2.05, 4.69) is 21.7 Å². The smallest absolute Gasteiger partial charge is 0.267 e. The first-order valence-electron chi connectivity index (χ1n) is 10.3. The number of nitrogens with zero attached hydrogens (tertiary/aromatic N) is 1. The molecule has 0 bridgehead atoms. The molecule has 0 saturated heterocycles. The Labute approximate surface area is 174 Å². The zero-order chi connectivity index (χ0) is 20.4. The number of aromatic nitrogens is 1. The normalized spacial score (nSPS) is 22.6. The molecule has 2 saturated carbocycles. The number of rotatable bonds is 6. The second-order valence-corrected chi connectivity index (χ2v) is 8.94. The lowest BCUT2D eigenvalue weighted by Crippen LogP contribution is -2.50. The lowest BCUT2D eigenvalue weighted by molar-refractivity contribution is -0.127. The lowest BCUT2D eigenvalue weighted by Gasteiger charge is -2.31. The molecular formula is C22H26N4O2S. The van der Waals surface area contributed by atoms with Crippen LogP contribution in [-0.2, 0) is 4.79 Å². The molecule has 3 N–H and O–H groups in total. The highest BCUT2D eigenvalue weighted by Crippen LogP contribution is 2.33. The van der Waals surface area contributed by atoms with Crippen LogP contribution in [0, 0.1) is 23.2 Å². The van der Waals surface area contributed by atoms with E-state index in [0.717, 1.165) is 54.3 Å². The SMILES string of the molecule is CSc1ccc2cc(C(=O)NC3CCCCC3C(=O)NC(C#N)C3CC3)[nH]c2c1. The van der Waals surface area contributed by atoms with E-state index in [4.69, 9.17) is 0 Å². The summed E-state index contributed by atoms with van der Waals surface area (Å²) in [6.07, 6.45) is 7.50. The van der Waals surface area contributed by atoms with Crippen LogP contribution in [0.25, 0.3) is 10.9 Å². The van der Waals surface area contributed by atoms with Gasteiger partial charge >= 0.3 is 0 Å². The molecule has 2 fully saturated rings. The standard InChI is InChI=1S/C22H26N4O2S/c1-29-15-9-8-14-10-19(24-18(14)11-15)22(28)25-17-5-3-2-4-16(17)21(27)26-20(12-23)13-6-7-13/h8-11,13,16-17,20,24H,2-7H2,1H3,(H,25,28)(H,26,27). The summed E-state index contributed by atoms with van der Waals surface area (Å²) >= 11 is 1.66. The monoisotopic (exact) mass is 410 g/mol. The highest BCUT2D eigenvalue weighted by Gasteiger charge is 2.37. The fourth-order valence-corrected chi connectivity index (χ4v) is 4.60. The molecule has 3 atom stereocenters. The van der Waals surface area contributed by atoms with E-state index >= 15 is 0 Å². The molecule has 2 aliphatic rings. The molecule has 0 spiro atoms. The first-order valence-corrected chi connectivity index (χ1v) is 11.5. The van der Waals surface area contributed by atoms with Gasteiger partial charge in [-0.05, 0) is 56.1 Å². The van der Waals surface area contributed by atoms with Crippen LogP contribution in [0.15, 0.2) is 29.2 Å². The minimum atomic E-state index is -0.403. The van der Waals surface area contributed by atoms with Gasteiger partial charge < -0.3 is 15.6 Å². The molecule has 1 heterocycles. The maximum Gasteiger partial charge on any atom is 0.267 e. The zero-order valence-electron chi connectivity index (χ0n) is 16.5. The van der Waals surface area contributed by atoms with Gasteiger partial charge in [-0.15, -0.1) is 11.8 Å². The van der Waals surface area contributed by atoms with Crippen molar-refractivity contribution in [2.75, 3.05) is 6.26 Å². The number of fused-ring (bicyclic) bond motifs is 1. The van der Waals surface area contributed by atoms with E-state index in [0.29, 0.717) is 5.69 Å². The lowest BCUT2D eigenvalue weighted by atomic mass is 9.83. The number of nitrogens with one attached hydrogen (secondary N) is 3. The number of aromatic amines is 1. The van der Waals surface area contributed by atoms with E-state index in [1.165, 1.54) is 0 Å². The highest BCUT2D eigenvalue weighted by molar-refractivity contribution is 7.98. The first-order chi connectivity index (χ1) is 14.1. The summed E-state index contributed by atoms with van der Waals surface area (Å²) in [5.41, 5.74) is 1.44. The quantitative estimate of drug-likeness (QED) is 0.634. The number of H-pyrrole nitrogens is 1. The molecule has 152 valence electrons. The number of amides is 2. The third-order valence-electron chi connectivity index (χ3n) is 6.02. The average Bonchev–Trinajstić information content (AvgIpc) is 3.49. The van der Waals surface area contributed by atoms with Crippen molar-refractivity contribution < 1.29 is 9.59 Å². The number of thioether (sulfide) groups is 1. The van der Waals surface area contributed by atoms with Gasteiger partial charge in [0, 0.05) is 21.8 Å². The van der Waals surface area contributed by atoms with Crippen LogP contribution < -0.4 is 10.6 Å². The van der Waals surface area contributed by atoms with E-state index < -0.39 is 6.04 Å². The summed E-state index contributed by atoms with van der Waals surface area (Å²) in [4.78, 5) is 30.0. The summed E-state index contributed by atoms with van der Waals surface area (Å²) in [5.74, 6) is -0.279. The molecule has 7 heteroatoms. The number of hydrogen-bond donors (Lipinski definition) is 3. The highest BCUT2D eigenvalue weighted by atomic mass is 32.2. The molecule has 6 nitrogen and oxygen atoms in total. The van der Waals surface area contributed by atoms with Crippen molar-refractivity contribution in [3.05, 3.63) is 30.0 Å². The largest absolute Gasteiger partial charge is 0.350 e. The number of hydrogen-bond acceptors (Lipinski definition) is 4. The van der Waals surface area contributed by atoms with E-state index in [1.54, 1.807) is 11.8 Å². The Morgan fingerprint density at radius 3 is 2.72 bits per heavy atom. The van der Waals surface area contributed by atoms with Crippen molar-refractivity contribution >= 4 is 34.5 Å². The van der Waals surface area contributed by atoms with Crippen LogP contribution >= 0.6 is 11.8 Å². The van der Waals surface area contributed by atoms with Gasteiger partial charge in [0.05, 0.1) is 12.0 Å². The molecule has 4 rings (SSSR count). The summed E-state index contributed by atoms with van der Waals surface area (Å²) in [6, 6.07) is 9.54. The molecule has 29 heavy (non-hydrogen) atoms. The molecule has 2 aromatic rings.